The van der Waals surface area contributed by atoms with Gasteiger partial charge in [0.1, 0.15) is 0 Å². The Kier molecular flexibility index (Phi) is 1.48. The quantitative estimate of drug-likeness (QED) is 0.328. The summed E-state index contributed by atoms with van der Waals surface area (Å²) in [6, 6.07) is 5.16. The van der Waals surface area contributed by atoms with E-state index >= 15 is 0 Å². The Labute approximate surface area is 55.5 Å². The van der Waals surface area contributed by atoms with Gasteiger partial charge in [-0.15, -0.1) is 0 Å². The second kappa shape index (κ2) is 2.13. The first-order valence-electron chi connectivity index (χ1n) is 2.14. The van der Waals surface area contributed by atoms with Crippen molar-refractivity contribution in [3.05, 3.63) is 34.2 Å². The second-order valence-electron chi connectivity index (χ2n) is 1.35. The van der Waals surface area contributed by atoms with Crippen LogP contribution in [-0.4, -0.2) is 0 Å². The van der Waals surface area contributed by atoms with E-state index in [4.69, 9.17) is 0 Å². The highest BCUT2D eigenvalue weighted by atomic mass is 79.9. The summed E-state index contributed by atoms with van der Waals surface area (Å²) in [5.74, 6) is 0. The van der Waals surface area contributed by atoms with E-state index in [1.807, 2.05) is 0 Å². The maximum absolute atomic E-state index is 10.5. The molecule has 0 spiro atoms. The fourth-order valence-corrected chi connectivity index (χ4v) is 0.678. The van der Waals surface area contributed by atoms with E-state index in [1.165, 1.54) is 6.20 Å². The zero-order chi connectivity index (χ0) is 5.98. The molecule has 0 bridgehead atoms. The highest BCUT2D eigenvalue weighted by Crippen LogP contribution is 1.98. The predicted octanol–water partition coefficient (Wildman–Crippen LogP) is 1.08. The number of halogens is 1. The molecule has 0 aromatic carbocycles. The Hall–Kier alpha value is -0.570. The zero-order valence-corrected chi connectivity index (χ0v) is 5.63. The first-order chi connectivity index (χ1) is 3.80. The van der Waals surface area contributed by atoms with Gasteiger partial charge in [-0.1, -0.05) is 0 Å². The molecule has 0 amide bonds. The molecule has 0 atom stereocenters. The van der Waals surface area contributed by atoms with E-state index in [2.05, 4.69) is 15.9 Å². The van der Waals surface area contributed by atoms with Crippen LogP contribution in [0.3, 0.4) is 0 Å². The van der Waals surface area contributed by atoms with E-state index in [0.717, 1.165) is 4.73 Å². The van der Waals surface area contributed by atoms with Crippen LogP contribution in [0.15, 0.2) is 29.0 Å². The van der Waals surface area contributed by atoms with Crippen molar-refractivity contribution >= 4 is 15.9 Å². The molecule has 2 nitrogen and oxygen atoms in total. The maximum Gasteiger partial charge on any atom is 0.259 e. The summed E-state index contributed by atoms with van der Waals surface area (Å²) in [5.41, 5.74) is 0. The third-order valence-electron chi connectivity index (χ3n) is 0.777. The molecule has 0 N–H and O–H groups in total. The van der Waals surface area contributed by atoms with Gasteiger partial charge in [-0.05, 0) is 6.07 Å². The third-order valence-corrected chi connectivity index (χ3v) is 1.39. The lowest BCUT2D eigenvalue weighted by Gasteiger charge is -1.93. The van der Waals surface area contributed by atoms with Gasteiger partial charge in [0.05, 0.1) is 0 Å². The Morgan fingerprint density at radius 3 is 2.62 bits per heavy atom. The van der Waals surface area contributed by atoms with Gasteiger partial charge in [0.25, 0.3) is 4.60 Å². The fraction of sp³-hybridized carbons (Fsp3) is 0. The van der Waals surface area contributed by atoms with Crippen molar-refractivity contribution in [1.82, 2.24) is 0 Å². The second-order valence-corrected chi connectivity index (χ2v) is 2.16. The summed E-state index contributed by atoms with van der Waals surface area (Å²) in [6.45, 7) is 0. The van der Waals surface area contributed by atoms with Gasteiger partial charge in [0.15, 0.2) is 6.20 Å². The van der Waals surface area contributed by atoms with E-state index in [9.17, 15) is 5.21 Å². The standard InChI is InChI=1S/C5H4BrNO/c6-5-3-1-2-4-7(5)8/h1-4H. The summed E-state index contributed by atoms with van der Waals surface area (Å²) in [5, 5.41) is 10.5. The average molecular weight is 174 g/mol. The number of aromatic nitrogens is 1. The predicted molar refractivity (Wildman–Crippen MR) is 33.1 cm³/mol. The third kappa shape index (κ3) is 0.980. The van der Waals surface area contributed by atoms with Crippen LogP contribution in [-0.2, 0) is 0 Å². The van der Waals surface area contributed by atoms with Crippen LogP contribution < -0.4 is 4.73 Å². The van der Waals surface area contributed by atoms with Gasteiger partial charge in [0.2, 0.25) is 0 Å². The molecule has 1 aromatic rings. The van der Waals surface area contributed by atoms with Crippen molar-refractivity contribution in [1.29, 1.82) is 0 Å². The lowest BCUT2D eigenvalue weighted by molar-refractivity contribution is -0.617. The Balaban J connectivity index is 3.13. The summed E-state index contributed by atoms with van der Waals surface area (Å²) < 4.78 is 1.29. The molecule has 0 fully saturated rings. The first kappa shape index (κ1) is 5.56. The van der Waals surface area contributed by atoms with Crippen molar-refractivity contribution in [2.24, 2.45) is 0 Å². The van der Waals surface area contributed by atoms with Crippen LogP contribution in [0.4, 0.5) is 0 Å². The number of hydrogen-bond donors (Lipinski definition) is 0. The van der Waals surface area contributed by atoms with E-state index in [0.29, 0.717) is 4.60 Å². The minimum atomic E-state index is 0.542. The summed E-state index contributed by atoms with van der Waals surface area (Å²) in [6.07, 6.45) is 1.43. The molecule has 42 valence electrons. The molecule has 0 radical (unpaired) electrons. The number of hydrogen-bond acceptors (Lipinski definition) is 1. The summed E-state index contributed by atoms with van der Waals surface area (Å²) in [4.78, 5) is 0. The monoisotopic (exact) mass is 173 g/mol. The molecule has 0 saturated heterocycles. The van der Waals surface area contributed by atoms with Crippen molar-refractivity contribution in [3.8, 4) is 0 Å². The fourth-order valence-electron chi connectivity index (χ4n) is 0.407. The molecule has 0 aliphatic heterocycles. The molecule has 3 heteroatoms. The van der Waals surface area contributed by atoms with Gasteiger partial charge in [0, 0.05) is 28.1 Å². The SMILES string of the molecule is [O-][n+]1ccccc1Br. The van der Waals surface area contributed by atoms with Gasteiger partial charge in [-0.3, -0.25) is 0 Å². The Morgan fingerprint density at radius 1 is 1.50 bits per heavy atom. The van der Waals surface area contributed by atoms with Crippen LogP contribution >= 0.6 is 15.9 Å². The van der Waals surface area contributed by atoms with Crippen LogP contribution in [0, 0.1) is 5.21 Å². The summed E-state index contributed by atoms with van der Waals surface area (Å²) >= 11 is 3.05. The number of nitrogens with zero attached hydrogens (tertiary/aromatic N) is 1. The van der Waals surface area contributed by atoms with Gasteiger partial charge in [-0.2, -0.15) is 4.73 Å². The molecule has 1 aromatic heterocycles. The Bertz CT molecular complexity index is 169. The van der Waals surface area contributed by atoms with Crippen LogP contribution in [0.2, 0.25) is 0 Å². The van der Waals surface area contributed by atoms with Crippen LogP contribution in [0.25, 0.3) is 0 Å². The van der Waals surface area contributed by atoms with E-state index in [1.54, 1.807) is 18.2 Å². The van der Waals surface area contributed by atoms with Crippen LogP contribution in [0.5, 0.6) is 0 Å². The first-order valence-corrected chi connectivity index (χ1v) is 2.94. The highest BCUT2D eigenvalue weighted by Gasteiger charge is 1.92. The molecule has 1 heterocycles. The minimum Gasteiger partial charge on any atom is -0.618 e. The largest absolute Gasteiger partial charge is 0.618 e. The lowest BCUT2D eigenvalue weighted by Crippen LogP contribution is -2.25. The molecule has 1 rings (SSSR count). The number of pyridine rings is 1. The van der Waals surface area contributed by atoms with Gasteiger partial charge in [-0.25, -0.2) is 0 Å². The topological polar surface area (TPSA) is 26.9 Å². The van der Waals surface area contributed by atoms with E-state index in [-0.39, 0.29) is 0 Å². The van der Waals surface area contributed by atoms with Crippen LogP contribution in [0.1, 0.15) is 0 Å². The Morgan fingerprint density at radius 2 is 2.25 bits per heavy atom. The van der Waals surface area contributed by atoms with Crippen molar-refractivity contribution in [3.63, 3.8) is 0 Å². The molecule has 0 aliphatic rings. The zero-order valence-electron chi connectivity index (χ0n) is 4.04. The molecule has 0 unspecified atom stereocenters. The van der Waals surface area contributed by atoms with Crippen molar-refractivity contribution < 1.29 is 4.73 Å². The van der Waals surface area contributed by atoms with Gasteiger partial charge < -0.3 is 5.21 Å². The molecular formula is C5H4BrNO. The normalized spacial score (nSPS) is 9.12. The number of rotatable bonds is 0. The lowest BCUT2D eigenvalue weighted by atomic mass is 10.5. The summed E-state index contributed by atoms with van der Waals surface area (Å²) in [7, 11) is 0. The minimum absolute atomic E-state index is 0.542. The van der Waals surface area contributed by atoms with Gasteiger partial charge >= 0.3 is 0 Å². The molecule has 0 aliphatic carbocycles. The smallest absolute Gasteiger partial charge is 0.259 e. The molecule has 8 heavy (non-hydrogen) atoms. The van der Waals surface area contributed by atoms with Crippen molar-refractivity contribution in [2.75, 3.05) is 0 Å². The molecule has 0 saturated carbocycles. The average Bonchev–Trinajstić information content (AvgIpc) is 1.77. The maximum atomic E-state index is 10.5. The van der Waals surface area contributed by atoms with E-state index < -0.39 is 0 Å². The molecular weight excluding hydrogens is 170 g/mol. The highest BCUT2D eigenvalue weighted by molar-refractivity contribution is 9.10. The van der Waals surface area contributed by atoms with Crippen molar-refractivity contribution in [2.45, 2.75) is 0 Å².